The van der Waals surface area contributed by atoms with Crippen LogP contribution in [0.1, 0.15) is 23.0 Å². The number of ether oxygens (including phenoxy) is 2. The molecule has 0 aliphatic heterocycles. The van der Waals surface area contributed by atoms with Gasteiger partial charge in [0.15, 0.2) is 17.3 Å². The van der Waals surface area contributed by atoms with Gasteiger partial charge in [0.25, 0.3) is 0 Å². The number of carbonyl (C=O) groups excluding carboxylic acids is 1. The maximum atomic E-state index is 12.2. The Hall–Kier alpha value is -2.01. The molecule has 0 saturated heterocycles. The van der Waals surface area contributed by atoms with Crippen molar-refractivity contribution in [2.24, 2.45) is 5.92 Å². The normalized spacial score (nSPS) is 12.1. The minimum Gasteiger partial charge on any atom is -0.513 e. The predicted octanol–water partition coefficient (Wildman–Crippen LogP) is 4.20. The van der Waals surface area contributed by atoms with Gasteiger partial charge in [0.05, 0.1) is 24.9 Å². The van der Waals surface area contributed by atoms with Crippen molar-refractivity contribution in [2.45, 2.75) is 13.3 Å². The van der Waals surface area contributed by atoms with Crippen LogP contribution in [0, 0.1) is 5.92 Å². The lowest BCUT2D eigenvalue weighted by Crippen LogP contribution is -2.06. The van der Waals surface area contributed by atoms with E-state index in [0.29, 0.717) is 16.4 Å². The average Bonchev–Trinajstić information content (AvgIpc) is 2.88. The Balaban J connectivity index is 2.34. The molecule has 1 atom stereocenters. The van der Waals surface area contributed by atoms with E-state index in [1.807, 2.05) is 18.2 Å². The molecule has 4 nitrogen and oxygen atoms in total. The Morgan fingerprint density at radius 3 is 2.48 bits per heavy atom. The van der Waals surface area contributed by atoms with Crippen LogP contribution in [0.3, 0.4) is 0 Å². The van der Waals surface area contributed by atoms with E-state index in [4.69, 9.17) is 9.47 Å². The minimum absolute atomic E-state index is 0.00293. The Kier molecular flexibility index (Phi) is 4.53. The second-order valence-electron chi connectivity index (χ2n) is 4.88. The van der Waals surface area contributed by atoms with Gasteiger partial charge < -0.3 is 14.6 Å². The molecule has 2 aromatic rings. The molecular weight excluding hydrogens is 288 g/mol. The summed E-state index contributed by atoms with van der Waals surface area (Å²) in [6.07, 6.45) is 0.246. The first-order chi connectivity index (χ1) is 9.96. The Morgan fingerprint density at radius 2 is 1.90 bits per heavy atom. The molecular formula is C16H18O4S. The van der Waals surface area contributed by atoms with Gasteiger partial charge in [-0.2, -0.15) is 0 Å². The fourth-order valence-electron chi connectivity index (χ4n) is 2.00. The van der Waals surface area contributed by atoms with Gasteiger partial charge >= 0.3 is 0 Å². The lowest BCUT2D eigenvalue weighted by molar-refractivity contribution is 0.0965. The fraction of sp³-hybridized carbons (Fsp3) is 0.312. The number of fused-ring (bicyclic) bond motifs is 1. The molecule has 0 aliphatic carbocycles. The fourth-order valence-corrected chi connectivity index (χ4v) is 3.02. The first-order valence-corrected chi connectivity index (χ1v) is 7.34. The zero-order valence-corrected chi connectivity index (χ0v) is 13.1. The van der Waals surface area contributed by atoms with E-state index in [0.717, 1.165) is 10.1 Å². The smallest absolute Gasteiger partial charge is 0.173 e. The van der Waals surface area contributed by atoms with Gasteiger partial charge in [-0.3, -0.25) is 4.79 Å². The van der Waals surface area contributed by atoms with E-state index < -0.39 is 0 Å². The summed E-state index contributed by atoms with van der Waals surface area (Å²) in [7, 11) is 3.16. The molecule has 0 aliphatic rings. The number of hydrogen-bond acceptors (Lipinski definition) is 5. The zero-order valence-electron chi connectivity index (χ0n) is 12.3. The highest BCUT2D eigenvalue weighted by Crippen LogP contribution is 2.36. The highest BCUT2D eigenvalue weighted by Gasteiger charge is 2.17. The molecule has 5 heteroatoms. The monoisotopic (exact) mass is 306 g/mol. The molecule has 0 saturated carbocycles. The molecule has 0 fully saturated rings. The number of aliphatic hydroxyl groups is 1. The van der Waals surface area contributed by atoms with Crippen molar-refractivity contribution in [3.05, 3.63) is 35.4 Å². The number of ketones is 1. The van der Waals surface area contributed by atoms with Crippen LogP contribution in [0.5, 0.6) is 11.5 Å². The lowest BCUT2D eigenvalue weighted by Gasteiger charge is -2.06. The summed E-state index contributed by atoms with van der Waals surface area (Å²) in [6.45, 7) is 5.24. The first-order valence-electron chi connectivity index (χ1n) is 6.52. The van der Waals surface area contributed by atoms with E-state index in [9.17, 15) is 9.90 Å². The van der Waals surface area contributed by atoms with Gasteiger partial charge in [-0.15, -0.1) is 11.3 Å². The minimum atomic E-state index is -0.244. The number of hydrogen-bond donors (Lipinski definition) is 1. The lowest BCUT2D eigenvalue weighted by atomic mass is 10.0. The molecule has 0 unspecified atom stereocenters. The first kappa shape index (κ1) is 15.4. The van der Waals surface area contributed by atoms with E-state index in [2.05, 4.69) is 6.58 Å². The molecule has 1 aromatic heterocycles. The van der Waals surface area contributed by atoms with Crippen LogP contribution < -0.4 is 9.47 Å². The van der Waals surface area contributed by atoms with Crippen molar-refractivity contribution in [3.8, 4) is 11.5 Å². The molecule has 21 heavy (non-hydrogen) atoms. The molecule has 0 spiro atoms. The zero-order chi connectivity index (χ0) is 15.6. The quantitative estimate of drug-likeness (QED) is 0.642. The molecule has 0 bridgehead atoms. The number of rotatable bonds is 6. The van der Waals surface area contributed by atoms with Crippen LogP contribution in [-0.4, -0.2) is 25.1 Å². The van der Waals surface area contributed by atoms with Gasteiger partial charge in [0.2, 0.25) is 0 Å². The van der Waals surface area contributed by atoms with E-state index in [-0.39, 0.29) is 23.9 Å². The van der Waals surface area contributed by atoms with Gasteiger partial charge in [-0.25, -0.2) is 0 Å². The SMILES string of the molecule is C=C(O)[C@@H](C)CC(=O)c1cc2cc(OC)c(OC)cc2s1. The second kappa shape index (κ2) is 6.18. The molecule has 0 radical (unpaired) electrons. The third kappa shape index (κ3) is 3.19. The number of methoxy groups -OCH3 is 2. The molecule has 1 heterocycles. The Morgan fingerprint density at radius 1 is 1.29 bits per heavy atom. The summed E-state index contributed by atoms with van der Waals surface area (Å²) in [5.74, 6) is 1.07. The third-order valence-electron chi connectivity index (χ3n) is 3.36. The Labute approximate surface area is 127 Å². The predicted molar refractivity (Wildman–Crippen MR) is 84.8 cm³/mol. The summed E-state index contributed by atoms with van der Waals surface area (Å²) in [4.78, 5) is 12.9. The van der Waals surface area contributed by atoms with Crippen molar-refractivity contribution in [2.75, 3.05) is 14.2 Å². The van der Waals surface area contributed by atoms with E-state index in [1.54, 1.807) is 21.1 Å². The van der Waals surface area contributed by atoms with E-state index in [1.165, 1.54) is 11.3 Å². The number of thiophene rings is 1. The van der Waals surface area contributed by atoms with Gasteiger partial charge in [-0.05, 0) is 17.5 Å². The summed E-state index contributed by atoms with van der Waals surface area (Å²) < 4.78 is 11.5. The molecule has 2 rings (SSSR count). The topological polar surface area (TPSA) is 55.8 Å². The summed E-state index contributed by atoms with van der Waals surface area (Å²) in [6, 6.07) is 5.57. The van der Waals surface area contributed by atoms with Crippen molar-refractivity contribution in [3.63, 3.8) is 0 Å². The third-order valence-corrected chi connectivity index (χ3v) is 4.50. The highest BCUT2D eigenvalue weighted by atomic mass is 32.1. The van der Waals surface area contributed by atoms with Gasteiger partial charge in [-0.1, -0.05) is 13.5 Å². The number of aliphatic hydroxyl groups excluding tert-OH is 1. The maximum absolute atomic E-state index is 12.2. The van der Waals surface area contributed by atoms with Crippen molar-refractivity contribution >= 4 is 27.2 Å². The van der Waals surface area contributed by atoms with Crippen LogP contribution in [0.4, 0.5) is 0 Å². The van der Waals surface area contributed by atoms with Gasteiger partial charge in [0, 0.05) is 23.1 Å². The molecule has 1 aromatic carbocycles. The van der Waals surface area contributed by atoms with Gasteiger partial charge in [0.1, 0.15) is 0 Å². The summed E-state index contributed by atoms with van der Waals surface area (Å²) >= 11 is 1.41. The van der Waals surface area contributed by atoms with Crippen molar-refractivity contribution in [1.29, 1.82) is 0 Å². The average molecular weight is 306 g/mol. The summed E-state index contributed by atoms with van der Waals surface area (Å²) in [5.41, 5.74) is 0. The number of carbonyl (C=O) groups is 1. The van der Waals surface area contributed by atoms with Crippen LogP contribution in [-0.2, 0) is 0 Å². The van der Waals surface area contributed by atoms with Crippen LogP contribution in [0.15, 0.2) is 30.5 Å². The maximum Gasteiger partial charge on any atom is 0.173 e. The van der Waals surface area contributed by atoms with Crippen LogP contribution in [0.2, 0.25) is 0 Å². The number of allylic oxidation sites excluding steroid dienone is 1. The summed E-state index contributed by atoms with van der Waals surface area (Å²) in [5, 5.41) is 10.3. The number of benzene rings is 1. The second-order valence-corrected chi connectivity index (χ2v) is 5.96. The van der Waals surface area contributed by atoms with E-state index >= 15 is 0 Å². The standard InChI is InChI=1S/C16H18O4S/c1-9(10(2)17)5-12(18)16-7-11-6-13(19-3)14(20-4)8-15(11)21-16/h6-9,17H,2,5H2,1,3-4H3/t9-/m0/s1. The highest BCUT2D eigenvalue weighted by molar-refractivity contribution is 7.20. The largest absolute Gasteiger partial charge is 0.513 e. The molecule has 1 N–H and O–H groups in total. The van der Waals surface area contributed by atoms with Crippen molar-refractivity contribution in [1.82, 2.24) is 0 Å². The molecule has 112 valence electrons. The number of Topliss-reactive ketones (excluding diaryl/α,β-unsaturated/α-hetero) is 1. The van der Waals surface area contributed by atoms with Crippen LogP contribution >= 0.6 is 11.3 Å². The Bertz CT molecular complexity index is 646. The molecule has 0 amide bonds. The van der Waals surface area contributed by atoms with Crippen molar-refractivity contribution < 1.29 is 19.4 Å². The van der Waals surface area contributed by atoms with Crippen LogP contribution in [0.25, 0.3) is 10.1 Å².